The molecule has 0 aliphatic heterocycles. The molecule has 0 aromatic heterocycles. The van der Waals surface area contributed by atoms with Crippen LogP contribution < -0.4 is 0 Å². The fraction of sp³-hybridized carbons (Fsp3) is 0.500. The number of hydrogen-bond donors (Lipinski definition) is 0. The fourth-order valence-corrected chi connectivity index (χ4v) is 1.03. The molecule has 74 valence electrons. The van der Waals surface area contributed by atoms with Gasteiger partial charge in [-0.1, -0.05) is 6.92 Å². The molecule has 5 heteroatoms. The van der Waals surface area contributed by atoms with Crippen LogP contribution in [0.4, 0.5) is 22.0 Å². The van der Waals surface area contributed by atoms with Gasteiger partial charge >= 0.3 is 0 Å². The average molecular weight is 198 g/mol. The third-order valence-electron chi connectivity index (χ3n) is 2.22. The lowest BCUT2D eigenvalue weighted by molar-refractivity contribution is 0.113. The maximum Gasteiger partial charge on any atom is 0.196 e. The first-order valence-corrected chi connectivity index (χ1v) is 3.60. The predicted octanol–water partition coefficient (Wildman–Crippen LogP) is 3.67. The number of allylic oxidation sites excluding steroid dienone is 4. The van der Waals surface area contributed by atoms with Crippen LogP contribution >= 0.6 is 0 Å². The molecule has 0 heterocycles. The van der Waals surface area contributed by atoms with Crippen LogP contribution in [0.15, 0.2) is 23.3 Å². The summed E-state index contributed by atoms with van der Waals surface area (Å²) in [6.07, 6.45) is 0. The monoisotopic (exact) mass is 198 g/mol. The average Bonchev–Trinajstić information content (AvgIpc) is 2.09. The standard InChI is InChI=1S/C8H7F5/c1-3-4(9)5(10)6(11)7(12)8(3,2)13/h3H,1-2H3/t3?,8-/m1/s1. The lowest BCUT2D eigenvalue weighted by atomic mass is 9.86. The third-order valence-corrected chi connectivity index (χ3v) is 2.22. The van der Waals surface area contributed by atoms with Crippen LogP contribution in [-0.2, 0) is 0 Å². The van der Waals surface area contributed by atoms with E-state index in [2.05, 4.69) is 0 Å². The second kappa shape index (κ2) is 2.82. The smallest absolute Gasteiger partial charge is 0.196 e. The molecule has 0 amide bonds. The molecule has 0 saturated heterocycles. The van der Waals surface area contributed by atoms with E-state index in [9.17, 15) is 22.0 Å². The van der Waals surface area contributed by atoms with Gasteiger partial charge < -0.3 is 0 Å². The third kappa shape index (κ3) is 1.26. The zero-order valence-electron chi connectivity index (χ0n) is 6.97. The molecule has 0 saturated carbocycles. The second-order valence-electron chi connectivity index (χ2n) is 3.09. The van der Waals surface area contributed by atoms with E-state index in [4.69, 9.17) is 0 Å². The lowest BCUT2D eigenvalue weighted by Gasteiger charge is -2.28. The maximum atomic E-state index is 13.2. The Bertz CT molecular complexity index is 300. The molecule has 0 radical (unpaired) electrons. The maximum absolute atomic E-state index is 13.2. The van der Waals surface area contributed by atoms with Gasteiger partial charge in [-0.2, -0.15) is 0 Å². The van der Waals surface area contributed by atoms with Gasteiger partial charge in [0.15, 0.2) is 23.1 Å². The van der Waals surface area contributed by atoms with E-state index < -0.39 is 34.9 Å². The summed E-state index contributed by atoms with van der Waals surface area (Å²) in [5, 5.41) is 0. The highest BCUT2D eigenvalue weighted by Gasteiger charge is 2.47. The Balaban J connectivity index is 3.32. The van der Waals surface area contributed by atoms with Crippen molar-refractivity contribution in [2.75, 3.05) is 0 Å². The highest BCUT2D eigenvalue weighted by atomic mass is 19.2. The predicted molar refractivity (Wildman–Crippen MR) is 37.2 cm³/mol. The zero-order chi connectivity index (χ0) is 10.4. The highest BCUT2D eigenvalue weighted by molar-refractivity contribution is 5.36. The van der Waals surface area contributed by atoms with Crippen molar-refractivity contribution in [3.05, 3.63) is 23.3 Å². The minimum absolute atomic E-state index is 0.665. The van der Waals surface area contributed by atoms with Crippen molar-refractivity contribution in [3.8, 4) is 0 Å². The van der Waals surface area contributed by atoms with E-state index in [1.807, 2.05) is 0 Å². The van der Waals surface area contributed by atoms with Gasteiger partial charge in [0.2, 0.25) is 0 Å². The van der Waals surface area contributed by atoms with Crippen molar-refractivity contribution in [1.82, 2.24) is 0 Å². The first-order valence-electron chi connectivity index (χ1n) is 3.60. The molecule has 1 rings (SSSR count). The van der Waals surface area contributed by atoms with Crippen LogP contribution in [0, 0.1) is 5.92 Å². The summed E-state index contributed by atoms with van der Waals surface area (Å²) in [5.41, 5.74) is -2.82. The van der Waals surface area contributed by atoms with Crippen molar-refractivity contribution in [3.63, 3.8) is 0 Å². The van der Waals surface area contributed by atoms with Gasteiger partial charge in [-0.3, -0.25) is 0 Å². The molecule has 0 nitrogen and oxygen atoms in total. The number of rotatable bonds is 0. The summed E-state index contributed by atoms with van der Waals surface area (Å²) in [4.78, 5) is 0. The molecule has 13 heavy (non-hydrogen) atoms. The lowest BCUT2D eigenvalue weighted by Crippen LogP contribution is -2.32. The molecule has 2 atom stereocenters. The Labute approximate surface area is 71.7 Å². The number of alkyl halides is 1. The molecule has 0 aromatic rings. The Morgan fingerprint density at radius 2 is 1.54 bits per heavy atom. The minimum atomic E-state index is -2.82. The molecule has 1 aliphatic carbocycles. The largest absolute Gasteiger partial charge is 0.236 e. The topological polar surface area (TPSA) is 0 Å². The molecule has 1 aliphatic rings. The molecule has 1 unspecified atom stereocenters. The van der Waals surface area contributed by atoms with Gasteiger partial charge in [-0.15, -0.1) is 0 Å². The molecule has 0 fully saturated rings. The van der Waals surface area contributed by atoms with Gasteiger partial charge in [-0.05, 0) is 6.92 Å². The van der Waals surface area contributed by atoms with E-state index in [0.717, 1.165) is 6.92 Å². The quantitative estimate of drug-likeness (QED) is 0.521. The van der Waals surface area contributed by atoms with Crippen LogP contribution in [0.5, 0.6) is 0 Å². The fourth-order valence-electron chi connectivity index (χ4n) is 1.03. The van der Waals surface area contributed by atoms with E-state index >= 15 is 0 Å². The van der Waals surface area contributed by atoms with E-state index in [-0.39, 0.29) is 0 Å². The number of halogens is 5. The SMILES string of the molecule is CC1C(F)=C(F)C(F)=C(F)[C@]1(C)F. The van der Waals surface area contributed by atoms with Crippen molar-refractivity contribution in [2.45, 2.75) is 19.5 Å². The highest BCUT2D eigenvalue weighted by Crippen LogP contribution is 2.45. The molecular formula is C8H7F5. The van der Waals surface area contributed by atoms with Gasteiger partial charge in [0, 0.05) is 0 Å². The van der Waals surface area contributed by atoms with Crippen molar-refractivity contribution in [1.29, 1.82) is 0 Å². The minimum Gasteiger partial charge on any atom is -0.236 e. The van der Waals surface area contributed by atoms with Gasteiger partial charge in [-0.25, -0.2) is 22.0 Å². The molecule has 0 spiro atoms. The molecule has 0 N–H and O–H groups in total. The summed E-state index contributed by atoms with van der Waals surface area (Å²) in [6, 6.07) is 0. The first kappa shape index (κ1) is 10.2. The zero-order valence-corrected chi connectivity index (χ0v) is 6.97. The van der Waals surface area contributed by atoms with Gasteiger partial charge in [0.25, 0.3) is 0 Å². The van der Waals surface area contributed by atoms with Crippen molar-refractivity contribution < 1.29 is 22.0 Å². The van der Waals surface area contributed by atoms with Crippen LogP contribution in [-0.4, -0.2) is 5.67 Å². The Kier molecular flexibility index (Phi) is 2.21. The first-order chi connectivity index (χ1) is 5.80. The van der Waals surface area contributed by atoms with E-state index in [1.165, 1.54) is 0 Å². The normalized spacial score (nSPS) is 35.8. The molecule has 0 bridgehead atoms. The Morgan fingerprint density at radius 1 is 1.08 bits per heavy atom. The van der Waals surface area contributed by atoms with Crippen LogP contribution in [0.3, 0.4) is 0 Å². The van der Waals surface area contributed by atoms with E-state index in [1.54, 1.807) is 0 Å². The Morgan fingerprint density at radius 3 is 2.00 bits per heavy atom. The second-order valence-corrected chi connectivity index (χ2v) is 3.09. The van der Waals surface area contributed by atoms with Crippen LogP contribution in [0.1, 0.15) is 13.8 Å². The van der Waals surface area contributed by atoms with Crippen LogP contribution in [0.2, 0.25) is 0 Å². The summed E-state index contributed by atoms with van der Waals surface area (Å²) in [5.74, 6) is -9.16. The van der Waals surface area contributed by atoms with Gasteiger partial charge in [0.1, 0.15) is 5.83 Å². The molecule has 0 aromatic carbocycles. The summed E-state index contributed by atoms with van der Waals surface area (Å²) < 4.78 is 63.6. The van der Waals surface area contributed by atoms with Crippen LogP contribution in [0.25, 0.3) is 0 Å². The summed E-state index contributed by atoms with van der Waals surface area (Å²) >= 11 is 0. The van der Waals surface area contributed by atoms with E-state index in [0.29, 0.717) is 6.92 Å². The van der Waals surface area contributed by atoms with Crippen molar-refractivity contribution >= 4 is 0 Å². The summed E-state index contributed by atoms with van der Waals surface area (Å²) in [7, 11) is 0. The summed E-state index contributed by atoms with van der Waals surface area (Å²) in [6.45, 7) is 1.61. The van der Waals surface area contributed by atoms with Gasteiger partial charge in [0.05, 0.1) is 5.92 Å². The Hall–Kier alpha value is -0.870. The molecular weight excluding hydrogens is 191 g/mol. The van der Waals surface area contributed by atoms with Crippen molar-refractivity contribution in [2.24, 2.45) is 5.92 Å². The number of hydrogen-bond acceptors (Lipinski definition) is 0.